The van der Waals surface area contributed by atoms with E-state index < -0.39 is 10.1 Å². The molecule has 1 fully saturated rings. The molecular formula is C7H10Cl3NO3. The number of rotatable bonds is 3. The van der Waals surface area contributed by atoms with Crippen LogP contribution >= 0.6 is 34.8 Å². The molecule has 2 N–H and O–H groups in total. The van der Waals surface area contributed by atoms with Crippen LogP contribution in [0.5, 0.6) is 0 Å². The first-order valence-electron chi connectivity index (χ1n) is 4.05. The molecule has 14 heavy (non-hydrogen) atoms. The van der Waals surface area contributed by atoms with Crippen molar-refractivity contribution < 1.29 is 14.6 Å². The van der Waals surface area contributed by atoms with Gasteiger partial charge in [0.25, 0.3) is 0 Å². The lowest BCUT2D eigenvalue weighted by Crippen LogP contribution is -2.35. The average Bonchev–Trinajstić information content (AvgIpc) is 2.45. The van der Waals surface area contributed by atoms with Gasteiger partial charge in [0.2, 0.25) is 16.0 Å². The van der Waals surface area contributed by atoms with Crippen LogP contribution in [0.2, 0.25) is 0 Å². The minimum atomic E-state index is -1.86. The summed E-state index contributed by atoms with van der Waals surface area (Å²) in [6.07, 6.45) is -0.339. The minimum Gasteiger partial charge on any atom is -0.365 e. The van der Waals surface area contributed by atoms with Crippen molar-refractivity contribution in [2.45, 2.75) is 29.0 Å². The lowest BCUT2D eigenvalue weighted by atomic mass is 10.2. The minimum absolute atomic E-state index is 0.0260. The van der Waals surface area contributed by atoms with Crippen LogP contribution in [0.4, 0.5) is 0 Å². The maximum absolute atomic E-state index is 10.8. The van der Waals surface area contributed by atoms with Crippen LogP contribution in [0, 0.1) is 0 Å². The molecule has 4 nitrogen and oxygen atoms in total. The molecule has 0 spiro atoms. The largest absolute Gasteiger partial charge is 0.365 e. The first-order chi connectivity index (χ1) is 6.39. The van der Waals surface area contributed by atoms with Gasteiger partial charge in [-0.1, -0.05) is 34.8 Å². The zero-order valence-corrected chi connectivity index (χ0v) is 9.44. The molecule has 0 saturated carbocycles. The highest BCUT2D eigenvalue weighted by atomic mass is 35.6. The predicted octanol–water partition coefficient (Wildman–Crippen LogP) is 0.970. The quantitative estimate of drug-likeness (QED) is 0.589. The number of hydrogen-bond donors (Lipinski definition) is 2. The maximum Gasteiger partial charge on any atom is 0.240 e. The van der Waals surface area contributed by atoms with E-state index in [1.807, 2.05) is 0 Å². The Kier molecular flexibility index (Phi) is 4.28. The summed E-state index contributed by atoms with van der Waals surface area (Å²) < 4.78 is 3.03. The molecule has 1 saturated heterocycles. The molecule has 0 aliphatic carbocycles. The summed E-state index contributed by atoms with van der Waals surface area (Å²) in [7, 11) is 0. The van der Waals surface area contributed by atoms with E-state index in [0.29, 0.717) is 12.8 Å². The molecule has 1 unspecified atom stereocenters. The molecule has 2 atom stereocenters. The highest BCUT2D eigenvalue weighted by molar-refractivity contribution is 6.67. The van der Waals surface area contributed by atoms with E-state index in [4.69, 9.17) is 39.5 Å². The number of ether oxygens (including phenoxy) is 1. The van der Waals surface area contributed by atoms with E-state index >= 15 is 0 Å². The Morgan fingerprint density at radius 2 is 2.29 bits per heavy atom. The first-order valence-corrected chi connectivity index (χ1v) is 5.18. The second-order valence-electron chi connectivity index (χ2n) is 3.03. The Bertz CT molecular complexity index is 219. The topological polar surface area (TPSA) is 58.6 Å². The van der Waals surface area contributed by atoms with Crippen LogP contribution in [0.3, 0.4) is 0 Å². The van der Waals surface area contributed by atoms with Gasteiger partial charge >= 0.3 is 0 Å². The van der Waals surface area contributed by atoms with Crippen LogP contribution in [0.1, 0.15) is 12.8 Å². The van der Waals surface area contributed by atoms with Crippen LogP contribution in [0.15, 0.2) is 0 Å². The van der Waals surface area contributed by atoms with Crippen LogP contribution in [0.25, 0.3) is 0 Å². The lowest BCUT2D eigenvalue weighted by molar-refractivity contribution is -0.121. The van der Waals surface area contributed by atoms with Crippen molar-refractivity contribution in [3.05, 3.63) is 0 Å². The van der Waals surface area contributed by atoms with Crippen molar-refractivity contribution in [2.24, 2.45) is 0 Å². The molecule has 1 aliphatic rings. The average molecular weight is 263 g/mol. The van der Waals surface area contributed by atoms with Crippen molar-refractivity contribution >= 4 is 40.7 Å². The third-order valence-corrected chi connectivity index (χ3v) is 2.38. The van der Waals surface area contributed by atoms with Gasteiger partial charge < -0.3 is 15.2 Å². The van der Waals surface area contributed by atoms with Crippen molar-refractivity contribution in [1.29, 1.82) is 0 Å². The third kappa shape index (κ3) is 3.79. The SMILES string of the molecule is O=C1CC[C@@H](COC(O)C(Cl)(Cl)Cl)N1. The molecule has 1 heterocycles. The first kappa shape index (κ1) is 12.3. The van der Waals surface area contributed by atoms with E-state index in [-0.39, 0.29) is 18.6 Å². The monoisotopic (exact) mass is 261 g/mol. The fourth-order valence-electron chi connectivity index (χ4n) is 1.10. The molecule has 82 valence electrons. The Morgan fingerprint density at radius 1 is 1.64 bits per heavy atom. The van der Waals surface area contributed by atoms with Gasteiger partial charge in [0.05, 0.1) is 12.6 Å². The zero-order chi connectivity index (χ0) is 10.8. The molecule has 0 aromatic rings. The van der Waals surface area contributed by atoms with Crippen LogP contribution in [-0.4, -0.2) is 33.7 Å². The van der Waals surface area contributed by atoms with Crippen LogP contribution < -0.4 is 5.32 Å². The predicted molar refractivity (Wildman–Crippen MR) is 53.4 cm³/mol. The van der Waals surface area contributed by atoms with Crippen molar-refractivity contribution in [3.63, 3.8) is 0 Å². The summed E-state index contributed by atoms with van der Waals surface area (Å²) in [5, 5.41) is 11.8. The number of carbonyl (C=O) groups is 1. The molecular weight excluding hydrogens is 252 g/mol. The normalized spacial score (nSPS) is 24.9. The smallest absolute Gasteiger partial charge is 0.240 e. The molecule has 0 aromatic carbocycles. The third-order valence-electron chi connectivity index (χ3n) is 1.82. The fourth-order valence-corrected chi connectivity index (χ4v) is 1.29. The number of aliphatic hydroxyl groups is 1. The van der Waals surface area contributed by atoms with Gasteiger partial charge in [0.15, 0.2) is 0 Å². The molecule has 7 heteroatoms. The van der Waals surface area contributed by atoms with Crippen LogP contribution in [-0.2, 0) is 9.53 Å². The summed E-state index contributed by atoms with van der Waals surface area (Å²) in [6.45, 7) is 0.140. The lowest BCUT2D eigenvalue weighted by Gasteiger charge is -2.20. The summed E-state index contributed by atoms with van der Waals surface area (Å²) >= 11 is 16.1. The number of aliphatic hydroxyl groups excluding tert-OH is 1. The zero-order valence-electron chi connectivity index (χ0n) is 7.17. The summed E-state index contributed by atoms with van der Waals surface area (Å²) in [4.78, 5) is 10.8. The van der Waals surface area contributed by atoms with Gasteiger partial charge in [-0.05, 0) is 6.42 Å². The molecule has 1 aliphatic heterocycles. The summed E-state index contributed by atoms with van der Waals surface area (Å²) in [6, 6.07) is -0.107. The molecule has 1 rings (SSSR count). The van der Waals surface area contributed by atoms with Gasteiger partial charge in [0, 0.05) is 6.42 Å². The Hall–Kier alpha value is 0.260. The Labute approximate surface area is 96.5 Å². The van der Waals surface area contributed by atoms with Gasteiger partial charge in [-0.25, -0.2) is 0 Å². The summed E-state index contributed by atoms with van der Waals surface area (Å²) in [5.74, 6) is -0.0260. The summed E-state index contributed by atoms with van der Waals surface area (Å²) in [5.41, 5.74) is 0. The fraction of sp³-hybridized carbons (Fsp3) is 0.857. The van der Waals surface area contributed by atoms with Gasteiger partial charge in [-0.2, -0.15) is 0 Å². The van der Waals surface area contributed by atoms with Gasteiger partial charge in [-0.3, -0.25) is 4.79 Å². The standard InChI is InChI=1S/C7H10Cl3NO3/c8-7(9,10)6(13)14-3-4-1-2-5(12)11-4/h4,6,13H,1-3H2,(H,11,12)/t4-,6?/m0/s1. The molecule has 1 amide bonds. The number of halogens is 3. The highest BCUT2D eigenvalue weighted by Crippen LogP contribution is 2.30. The Balaban J connectivity index is 2.24. The Morgan fingerprint density at radius 3 is 2.71 bits per heavy atom. The molecule has 0 radical (unpaired) electrons. The van der Waals surface area contributed by atoms with Crippen molar-refractivity contribution in [1.82, 2.24) is 5.32 Å². The van der Waals surface area contributed by atoms with Gasteiger partial charge in [0.1, 0.15) is 0 Å². The number of carbonyl (C=O) groups excluding carboxylic acids is 1. The molecule has 0 bridgehead atoms. The van der Waals surface area contributed by atoms with E-state index in [1.165, 1.54) is 0 Å². The van der Waals surface area contributed by atoms with E-state index in [1.54, 1.807) is 0 Å². The number of alkyl halides is 3. The second kappa shape index (κ2) is 4.86. The molecule has 0 aromatic heterocycles. The maximum atomic E-state index is 10.8. The van der Waals surface area contributed by atoms with E-state index in [9.17, 15) is 9.90 Å². The number of nitrogens with one attached hydrogen (secondary N) is 1. The van der Waals surface area contributed by atoms with E-state index in [2.05, 4.69) is 5.32 Å². The number of hydrogen-bond acceptors (Lipinski definition) is 3. The number of amides is 1. The van der Waals surface area contributed by atoms with E-state index in [0.717, 1.165) is 0 Å². The van der Waals surface area contributed by atoms with Crippen molar-refractivity contribution in [2.75, 3.05) is 6.61 Å². The second-order valence-corrected chi connectivity index (χ2v) is 5.40. The van der Waals surface area contributed by atoms with Crippen molar-refractivity contribution in [3.8, 4) is 0 Å². The van der Waals surface area contributed by atoms with Gasteiger partial charge in [-0.15, -0.1) is 0 Å². The highest BCUT2D eigenvalue weighted by Gasteiger charge is 2.33.